The van der Waals surface area contributed by atoms with Crippen molar-refractivity contribution in [1.29, 1.82) is 0 Å². The van der Waals surface area contributed by atoms with Crippen molar-refractivity contribution < 1.29 is 0 Å². The topological polar surface area (TPSA) is 26.0 Å². The van der Waals surface area contributed by atoms with Crippen molar-refractivity contribution in [3.63, 3.8) is 0 Å². The molecule has 0 spiro atoms. The fourth-order valence-corrected chi connectivity index (χ4v) is 5.45. The van der Waals surface area contributed by atoms with Gasteiger partial charge in [-0.15, -0.1) is 11.6 Å². The molecule has 2 bridgehead atoms. The first-order valence-corrected chi connectivity index (χ1v) is 9.38. The van der Waals surface area contributed by atoms with Gasteiger partial charge in [0, 0.05) is 5.92 Å². The molecule has 0 aliphatic heterocycles. The Bertz CT molecular complexity index is 796. The molecule has 24 heavy (non-hydrogen) atoms. The highest BCUT2D eigenvalue weighted by Gasteiger charge is 2.45. The summed E-state index contributed by atoms with van der Waals surface area (Å²) < 4.78 is 0. The van der Waals surface area contributed by atoms with E-state index in [-0.39, 0.29) is 5.38 Å². The Morgan fingerprint density at radius 2 is 1.83 bits per heavy atom. The van der Waals surface area contributed by atoms with E-state index in [2.05, 4.69) is 64.1 Å². The van der Waals surface area contributed by atoms with Crippen molar-refractivity contribution in [3.05, 3.63) is 69.8 Å². The maximum Gasteiger partial charge on any atom is 0.0656 e. The zero-order valence-electron chi connectivity index (χ0n) is 14.9. The van der Waals surface area contributed by atoms with Crippen LogP contribution < -0.4 is 5.73 Å². The molecule has 4 rings (SSSR count). The van der Waals surface area contributed by atoms with Gasteiger partial charge in [-0.05, 0) is 61.3 Å². The zero-order valence-corrected chi connectivity index (χ0v) is 15.7. The number of hydrogen-bond acceptors (Lipinski definition) is 1. The van der Waals surface area contributed by atoms with Crippen molar-refractivity contribution in [2.45, 2.75) is 50.9 Å². The van der Waals surface area contributed by atoms with Crippen LogP contribution in [0, 0.1) is 18.8 Å². The third-order valence-corrected chi connectivity index (χ3v) is 6.55. The summed E-state index contributed by atoms with van der Waals surface area (Å²) in [7, 11) is 0. The van der Waals surface area contributed by atoms with Crippen LogP contribution in [0.25, 0.3) is 0 Å². The molecule has 0 heterocycles. The van der Waals surface area contributed by atoms with E-state index in [0.717, 1.165) is 6.42 Å². The Morgan fingerprint density at radius 3 is 2.58 bits per heavy atom. The van der Waals surface area contributed by atoms with Gasteiger partial charge in [-0.3, -0.25) is 0 Å². The van der Waals surface area contributed by atoms with E-state index in [0.29, 0.717) is 17.8 Å². The van der Waals surface area contributed by atoms with Gasteiger partial charge in [0.2, 0.25) is 0 Å². The van der Waals surface area contributed by atoms with Gasteiger partial charge in [-0.25, -0.2) is 0 Å². The van der Waals surface area contributed by atoms with Crippen LogP contribution in [0.5, 0.6) is 0 Å². The van der Waals surface area contributed by atoms with Crippen LogP contribution >= 0.6 is 11.6 Å². The van der Waals surface area contributed by atoms with Crippen molar-refractivity contribution in [2.24, 2.45) is 17.6 Å². The van der Waals surface area contributed by atoms with Crippen LogP contribution in [0.2, 0.25) is 0 Å². The average Bonchev–Trinajstić information content (AvgIpc) is 2.61. The van der Waals surface area contributed by atoms with Gasteiger partial charge >= 0.3 is 0 Å². The zero-order chi connectivity index (χ0) is 17.2. The minimum absolute atomic E-state index is 0.0347. The Kier molecular flexibility index (Phi) is 3.60. The molecule has 0 radical (unpaired) electrons. The van der Waals surface area contributed by atoms with Crippen molar-refractivity contribution in [3.8, 4) is 0 Å². The molecule has 0 aromatic heterocycles. The second-order valence-corrected chi connectivity index (χ2v) is 8.70. The molecule has 3 aliphatic rings. The number of nitrogens with two attached hydrogens (primary N) is 1. The lowest BCUT2D eigenvalue weighted by Crippen LogP contribution is -2.36. The summed E-state index contributed by atoms with van der Waals surface area (Å²) in [5.74, 6) is 1.41. The third-order valence-electron chi connectivity index (χ3n) is 6.02. The second kappa shape index (κ2) is 5.34. The summed E-state index contributed by atoms with van der Waals surface area (Å²) in [5.41, 5.74) is 14.3. The Morgan fingerprint density at radius 1 is 1.08 bits per heavy atom. The average molecular weight is 340 g/mol. The normalized spacial score (nSPS) is 37.5. The van der Waals surface area contributed by atoms with E-state index in [9.17, 15) is 0 Å². The number of hydrogen-bond donors (Lipinski definition) is 1. The fraction of sp³-hybridized carbons (Fsp3) is 0.455. The highest BCUT2D eigenvalue weighted by Crippen LogP contribution is 2.58. The molecule has 2 heteroatoms. The molecule has 3 aliphatic carbocycles. The second-order valence-electron chi connectivity index (χ2n) is 8.23. The molecule has 126 valence electrons. The Balaban J connectivity index is 1.93. The summed E-state index contributed by atoms with van der Waals surface area (Å²) >= 11 is 7.01. The minimum Gasteiger partial charge on any atom is -0.319 e. The largest absolute Gasteiger partial charge is 0.319 e. The summed E-state index contributed by atoms with van der Waals surface area (Å²) in [6.45, 7) is 8.76. The van der Waals surface area contributed by atoms with E-state index >= 15 is 0 Å². The van der Waals surface area contributed by atoms with Gasteiger partial charge in [0.1, 0.15) is 0 Å². The van der Waals surface area contributed by atoms with Gasteiger partial charge in [-0.1, -0.05) is 54.5 Å². The maximum atomic E-state index is 7.01. The van der Waals surface area contributed by atoms with E-state index in [1.165, 1.54) is 33.4 Å². The lowest BCUT2D eigenvalue weighted by Gasteiger charge is -2.46. The first kappa shape index (κ1) is 16.2. The number of fused-ring (bicyclic) bond motifs is 6. The van der Waals surface area contributed by atoms with Crippen molar-refractivity contribution in [2.75, 3.05) is 0 Å². The highest BCUT2D eigenvalue weighted by molar-refractivity contribution is 6.21. The number of allylic oxidation sites excluding steroid dienone is 4. The van der Waals surface area contributed by atoms with Gasteiger partial charge in [0.15, 0.2) is 0 Å². The number of aryl methyl sites for hydroxylation is 1. The number of alkyl halides is 1. The number of benzene rings is 1. The standard InChI is InChI=1S/C22H26ClN/c1-12-5-6-15-17-9-19(21(23)18(15)7-12)20-11-22(4,24)10-13(2)8-16(20)14(17)3/h5-8,10-11,14,17,19,21H,9,24H2,1-4H3. The van der Waals surface area contributed by atoms with Crippen LogP contribution in [0.3, 0.4) is 0 Å². The first-order valence-electron chi connectivity index (χ1n) is 8.94. The molecule has 0 saturated heterocycles. The number of rotatable bonds is 0. The third kappa shape index (κ3) is 2.41. The summed E-state index contributed by atoms with van der Waals surface area (Å²) in [6.07, 6.45) is 7.91. The van der Waals surface area contributed by atoms with E-state index in [1.54, 1.807) is 0 Å². The molecule has 5 atom stereocenters. The van der Waals surface area contributed by atoms with Crippen molar-refractivity contribution in [1.82, 2.24) is 0 Å². The monoisotopic (exact) mass is 339 g/mol. The molecule has 2 N–H and O–H groups in total. The summed E-state index contributed by atoms with van der Waals surface area (Å²) in [4.78, 5) is 0. The van der Waals surface area contributed by atoms with Gasteiger partial charge in [-0.2, -0.15) is 0 Å². The van der Waals surface area contributed by atoms with Crippen LogP contribution in [0.1, 0.15) is 55.2 Å². The molecular formula is C22H26ClN. The molecule has 1 nitrogen and oxygen atoms in total. The predicted molar refractivity (Wildman–Crippen MR) is 102 cm³/mol. The van der Waals surface area contributed by atoms with E-state index in [1.807, 2.05) is 0 Å². The quantitative estimate of drug-likeness (QED) is 0.615. The van der Waals surface area contributed by atoms with Gasteiger partial charge in [0.05, 0.1) is 10.9 Å². The smallest absolute Gasteiger partial charge is 0.0656 e. The van der Waals surface area contributed by atoms with Crippen LogP contribution in [0.4, 0.5) is 0 Å². The molecule has 0 amide bonds. The lowest BCUT2D eigenvalue weighted by molar-refractivity contribution is 0.341. The van der Waals surface area contributed by atoms with Crippen LogP contribution in [-0.4, -0.2) is 5.54 Å². The van der Waals surface area contributed by atoms with E-state index < -0.39 is 5.54 Å². The van der Waals surface area contributed by atoms with Crippen LogP contribution in [0.15, 0.2) is 53.1 Å². The van der Waals surface area contributed by atoms with E-state index in [4.69, 9.17) is 17.3 Å². The molecule has 1 saturated carbocycles. The summed E-state index contributed by atoms with van der Waals surface area (Å²) in [6, 6.07) is 6.82. The van der Waals surface area contributed by atoms with Gasteiger partial charge < -0.3 is 5.73 Å². The highest BCUT2D eigenvalue weighted by atomic mass is 35.5. The predicted octanol–water partition coefficient (Wildman–Crippen LogP) is 5.56. The van der Waals surface area contributed by atoms with Gasteiger partial charge in [0.25, 0.3) is 0 Å². The van der Waals surface area contributed by atoms with Crippen LogP contribution in [-0.2, 0) is 0 Å². The number of halogens is 1. The Hall–Kier alpha value is -1.31. The lowest BCUT2D eigenvalue weighted by atomic mass is 9.60. The molecule has 1 aromatic rings. The van der Waals surface area contributed by atoms with Crippen molar-refractivity contribution >= 4 is 11.6 Å². The SMILES string of the molecule is CC1=CC(C)(N)C=C2C(=C1)C(C)C1CC2C(Cl)c2cc(C)ccc21. The Labute approximate surface area is 150 Å². The molecule has 1 aromatic carbocycles. The summed E-state index contributed by atoms with van der Waals surface area (Å²) in [5, 5.41) is 0.0347. The maximum absolute atomic E-state index is 7.01. The molecule has 5 unspecified atom stereocenters. The minimum atomic E-state index is -0.409. The molecule has 1 fully saturated rings. The molecular weight excluding hydrogens is 314 g/mol. The fourth-order valence-electron chi connectivity index (χ4n) is 5.02. The first-order chi connectivity index (χ1) is 11.3.